The van der Waals surface area contributed by atoms with E-state index < -0.39 is 67.3 Å². The van der Waals surface area contributed by atoms with Gasteiger partial charge in [0, 0.05) is 19.3 Å². The first-order chi connectivity index (χ1) is 37.6. The van der Waals surface area contributed by atoms with Gasteiger partial charge in [-0.15, -0.1) is 0 Å². The second kappa shape index (κ2) is 52.3. The third kappa shape index (κ3) is 42.3. The summed E-state index contributed by atoms with van der Waals surface area (Å²) in [5.74, 6) is -3.23. The summed E-state index contributed by atoms with van der Waals surface area (Å²) in [4.78, 5) is 51.1. The van der Waals surface area contributed by atoms with Crippen LogP contribution in [0.5, 0.6) is 0 Å². The fraction of sp³-hybridized carbons (Fsp3) is 0.692. The van der Waals surface area contributed by atoms with E-state index in [9.17, 15) is 34.5 Å². The number of carbonyl (C=O) groups excluding carboxylic acids is 3. The van der Waals surface area contributed by atoms with Gasteiger partial charge in [0.2, 0.25) is 0 Å². The van der Waals surface area contributed by atoms with E-state index in [1.165, 1.54) is 77.0 Å². The van der Waals surface area contributed by atoms with Gasteiger partial charge >= 0.3 is 23.9 Å². The van der Waals surface area contributed by atoms with E-state index in [-0.39, 0.29) is 25.9 Å². The Morgan fingerprint density at radius 1 is 0.442 bits per heavy atom. The number of allylic oxidation sites excluding steroid dienone is 16. The predicted octanol–water partition coefficient (Wildman–Crippen LogP) is 15.7. The van der Waals surface area contributed by atoms with Crippen molar-refractivity contribution in [3.8, 4) is 0 Å². The van der Waals surface area contributed by atoms with Crippen LogP contribution < -0.4 is 0 Å². The molecule has 0 aromatic heterocycles. The van der Waals surface area contributed by atoms with Gasteiger partial charge in [-0.2, -0.15) is 0 Å². The van der Waals surface area contributed by atoms with Crippen molar-refractivity contribution in [2.24, 2.45) is 0 Å². The third-order valence-corrected chi connectivity index (χ3v) is 13.2. The minimum Gasteiger partial charge on any atom is -0.479 e. The van der Waals surface area contributed by atoms with Crippen LogP contribution in [0.25, 0.3) is 0 Å². The average Bonchev–Trinajstić information content (AvgIpc) is 3.42. The van der Waals surface area contributed by atoms with E-state index in [1.54, 1.807) is 0 Å². The molecular formula is C65H106O12. The molecule has 6 unspecified atom stereocenters. The molecule has 1 rings (SSSR count). The number of aliphatic hydroxyl groups excluding tert-OH is 2. The Kier molecular flexibility index (Phi) is 48.0. The van der Waals surface area contributed by atoms with Gasteiger partial charge in [-0.1, -0.05) is 221 Å². The third-order valence-electron chi connectivity index (χ3n) is 13.2. The molecule has 0 aromatic carbocycles. The Morgan fingerprint density at radius 2 is 0.818 bits per heavy atom. The monoisotopic (exact) mass is 1080 g/mol. The van der Waals surface area contributed by atoms with Crippen molar-refractivity contribution >= 4 is 23.9 Å². The summed E-state index contributed by atoms with van der Waals surface area (Å²) >= 11 is 0. The van der Waals surface area contributed by atoms with Gasteiger partial charge in [-0.25, -0.2) is 4.79 Å². The van der Waals surface area contributed by atoms with E-state index in [4.69, 9.17) is 23.7 Å². The summed E-state index contributed by atoms with van der Waals surface area (Å²) in [7, 11) is 0. The van der Waals surface area contributed by atoms with Crippen molar-refractivity contribution in [2.45, 2.75) is 276 Å². The Morgan fingerprint density at radius 3 is 1.25 bits per heavy atom. The lowest BCUT2D eigenvalue weighted by molar-refractivity contribution is -0.301. The summed E-state index contributed by atoms with van der Waals surface area (Å²) in [5, 5.41) is 31.5. The van der Waals surface area contributed by atoms with E-state index >= 15 is 0 Å². The Balaban J connectivity index is 2.73. The van der Waals surface area contributed by atoms with Crippen LogP contribution >= 0.6 is 0 Å². The Hall–Kier alpha value is -4.36. The smallest absolute Gasteiger partial charge is 0.335 e. The standard InChI is InChI=1S/C65H106O12/c1-4-7-10-13-16-19-22-25-28-29-32-35-38-41-44-47-50-53-59(68)76-63-61(70)60(69)62(64(71)72)77-65(63)74-55-56(75-58(67)52-49-46-43-40-37-34-31-27-24-21-18-15-12-9-6-3)54-73-57(66)51-48-45-42-39-36-33-30-26-23-20-17-14-11-8-5-2/h8-9,11-12,17-18,20-21,26-27,30-31,36-37,39-40,56,60-63,65,69-70H,4-7,10,13-16,19,22-25,28-29,32-35,38,41-55H2,1-3H3,(H,71,72)/b11-8-,12-9-,20-17-,21-18-,30-26-,31-27-,39-36-,40-37-. The van der Waals surface area contributed by atoms with Crippen molar-refractivity contribution < 1.29 is 58.2 Å². The van der Waals surface area contributed by atoms with Gasteiger partial charge in [0.05, 0.1) is 6.61 Å². The molecule has 12 heteroatoms. The van der Waals surface area contributed by atoms with Crippen molar-refractivity contribution in [2.75, 3.05) is 13.2 Å². The number of carboxylic acids is 1. The van der Waals surface area contributed by atoms with Crippen LogP contribution in [0, 0.1) is 0 Å². The highest BCUT2D eigenvalue weighted by molar-refractivity contribution is 5.74. The molecule has 1 fully saturated rings. The molecule has 0 radical (unpaired) electrons. The molecule has 0 aliphatic carbocycles. The van der Waals surface area contributed by atoms with Crippen molar-refractivity contribution in [3.63, 3.8) is 0 Å². The van der Waals surface area contributed by atoms with Crippen LogP contribution in [0.4, 0.5) is 0 Å². The number of carboxylic acid groups (broad SMARTS) is 1. The molecule has 3 N–H and O–H groups in total. The van der Waals surface area contributed by atoms with Crippen molar-refractivity contribution in [1.82, 2.24) is 0 Å². The Labute approximate surface area is 466 Å². The van der Waals surface area contributed by atoms with Crippen LogP contribution in [0.15, 0.2) is 97.2 Å². The predicted molar refractivity (Wildman–Crippen MR) is 312 cm³/mol. The number of esters is 3. The van der Waals surface area contributed by atoms with Gasteiger partial charge in [0.15, 0.2) is 24.6 Å². The second-order valence-electron chi connectivity index (χ2n) is 20.2. The molecule has 0 amide bonds. The van der Waals surface area contributed by atoms with Crippen LogP contribution in [-0.4, -0.2) is 89.2 Å². The average molecular weight is 1080 g/mol. The molecule has 438 valence electrons. The molecule has 12 nitrogen and oxygen atoms in total. The molecule has 0 aromatic rings. The van der Waals surface area contributed by atoms with Gasteiger partial charge in [-0.3, -0.25) is 14.4 Å². The highest BCUT2D eigenvalue weighted by Crippen LogP contribution is 2.26. The lowest BCUT2D eigenvalue weighted by atomic mass is 9.98. The van der Waals surface area contributed by atoms with Gasteiger partial charge < -0.3 is 39.0 Å². The topological polar surface area (TPSA) is 175 Å². The molecule has 0 spiro atoms. The van der Waals surface area contributed by atoms with E-state index in [2.05, 4.69) is 118 Å². The van der Waals surface area contributed by atoms with Gasteiger partial charge in [-0.05, 0) is 96.3 Å². The maximum atomic E-state index is 13.1. The summed E-state index contributed by atoms with van der Waals surface area (Å²) < 4.78 is 28.4. The molecule has 1 aliphatic rings. The number of aliphatic carboxylic acids is 1. The zero-order valence-electron chi connectivity index (χ0n) is 48.2. The number of rotatable bonds is 50. The first-order valence-electron chi connectivity index (χ1n) is 30.2. The molecule has 77 heavy (non-hydrogen) atoms. The van der Waals surface area contributed by atoms with Crippen LogP contribution in [-0.2, 0) is 42.9 Å². The quantitative estimate of drug-likeness (QED) is 0.0228. The Bertz CT molecular complexity index is 1710. The lowest BCUT2D eigenvalue weighted by Crippen LogP contribution is -2.61. The van der Waals surface area contributed by atoms with E-state index in [0.717, 1.165) is 103 Å². The van der Waals surface area contributed by atoms with Crippen molar-refractivity contribution in [3.05, 3.63) is 97.2 Å². The summed E-state index contributed by atoms with van der Waals surface area (Å²) in [6.07, 6.45) is 56.7. The zero-order valence-corrected chi connectivity index (χ0v) is 48.2. The normalized spacial score (nSPS) is 18.7. The van der Waals surface area contributed by atoms with Crippen LogP contribution in [0.3, 0.4) is 0 Å². The second-order valence-corrected chi connectivity index (χ2v) is 20.2. The largest absolute Gasteiger partial charge is 0.479 e. The van der Waals surface area contributed by atoms with E-state index in [0.29, 0.717) is 19.3 Å². The number of ether oxygens (including phenoxy) is 5. The molecule has 1 aliphatic heterocycles. The number of carbonyl (C=O) groups is 4. The molecule has 0 saturated carbocycles. The minimum absolute atomic E-state index is 0.0505. The highest BCUT2D eigenvalue weighted by atomic mass is 16.7. The number of unbranched alkanes of at least 4 members (excludes halogenated alkanes) is 20. The first-order valence-corrected chi connectivity index (χ1v) is 30.2. The molecule has 6 atom stereocenters. The minimum atomic E-state index is -1.92. The first kappa shape index (κ1) is 70.7. The fourth-order valence-corrected chi connectivity index (χ4v) is 8.58. The SMILES string of the molecule is CC/C=C\C/C=C\C/C=C\C/C=C\CCCCC(=O)OCC(COC1OC(C(=O)O)C(O)C(O)C1OC(=O)CCCCCCCCCCCCCCCCCCC)OC(=O)CCCC/C=C\C/C=C\C/C=C\C/C=C\CC. The van der Waals surface area contributed by atoms with Crippen molar-refractivity contribution in [1.29, 1.82) is 0 Å². The van der Waals surface area contributed by atoms with E-state index in [1.807, 2.05) is 0 Å². The lowest BCUT2D eigenvalue weighted by Gasteiger charge is -2.40. The summed E-state index contributed by atoms with van der Waals surface area (Å²) in [6.45, 7) is 5.70. The maximum absolute atomic E-state index is 13.1. The van der Waals surface area contributed by atoms with Gasteiger partial charge in [0.1, 0.15) is 18.8 Å². The molecule has 1 heterocycles. The van der Waals surface area contributed by atoms with Crippen LogP contribution in [0.2, 0.25) is 0 Å². The molecule has 0 bridgehead atoms. The number of hydrogen-bond donors (Lipinski definition) is 3. The number of aliphatic hydroxyl groups is 2. The summed E-state index contributed by atoms with van der Waals surface area (Å²) in [6, 6.07) is 0. The van der Waals surface area contributed by atoms with Gasteiger partial charge in [0.25, 0.3) is 0 Å². The van der Waals surface area contributed by atoms with Crippen LogP contribution in [0.1, 0.15) is 239 Å². The maximum Gasteiger partial charge on any atom is 0.335 e. The number of hydrogen-bond acceptors (Lipinski definition) is 11. The zero-order chi connectivity index (χ0) is 56.1. The molecule has 1 saturated heterocycles. The summed E-state index contributed by atoms with van der Waals surface area (Å²) in [5.41, 5.74) is 0. The fourth-order valence-electron chi connectivity index (χ4n) is 8.58. The molecular weight excluding hydrogens is 973 g/mol. The highest BCUT2D eigenvalue weighted by Gasteiger charge is 2.50.